The molecule has 4 nitrogen and oxygen atoms in total. The maximum Gasteiger partial charge on any atom is 0.257 e. The Bertz CT molecular complexity index is 484. The lowest BCUT2D eigenvalue weighted by Gasteiger charge is -2.28. The number of hydrogen-bond acceptors (Lipinski definition) is 3. The number of hydrogen-bond donors (Lipinski definition) is 1. The van der Waals surface area contributed by atoms with Crippen LogP contribution in [0.1, 0.15) is 53.1 Å². The number of carbonyl (C=O) groups excluding carboxylic acids is 1. The Labute approximate surface area is 114 Å². The molecule has 0 bridgehead atoms. The maximum atomic E-state index is 12.5. The average molecular weight is 265 g/mol. The molecule has 0 aliphatic heterocycles. The third-order valence-electron chi connectivity index (χ3n) is 4.19. The van der Waals surface area contributed by atoms with Crippen molar-refractivity contribution < 1.29 is 14.3 Å². The standard InChI is InChI=1S/C15H23NO3/c1-10-11(2)19-12(3)13(10)14(17)16(4)9-15(18)7-5-6-8-15/h18H,5-9H2,1-4H3. The first kappa shape index (κ1) is 14.1. The van der Waals surface area contributed by atoms with E-state index in [1.165, 1.54) is 0 Å². The summed E-state index contributed by atoms with van der Waals surface area (Å²) < 4.78 is 5.50. The highest BCUT2D eigenvalue weighted by Crippen LogP contribution is 2.31. The molecule has 1 heterocycles. The number of rotatable bonds is 3. The van der Waals surface area contributed by atoms with Gasteiger partial charge in [-0.3, -0.25) is 4.79 Å². The minimum Gasteiger partial charge on any atom is -0.466 e. The van der Waals surface area contributed by atoms with Gasteiger partial charge < -0.3 is 14.4 Å². The van der Waals surface area contributed by atoms with Gasteiger partial charge in [-0.25, -0.2) is 0 Å². The molecule has 1 aliphatic rings. The first-order valence-electron chi connectivity index (χ1n) is 6.88. The van der Waals surface area contributed by atoms with E-state index in [-0.39, 0.29) is 5.91 Å². The molecule has 0 radical (unpaired) electrons. The summed E-state index contributed by atoms with van der Waals surface area (Å²) >= 11 is 0. The number of aliphatic hydroxyl groups is 1. The van der Waals surface area contributed by atoms with Gasteiger partial charge in [-0.05, 0) is 33.6 Å². The lowest BCUT2D eigenvalue weighted by Crippen LogP contribution is -2.42. The molecule has 1 fully saturated rings. The summed E-state index contributed by atoms with van der Waals surface area (Å²) in [5, 5.41) is 10.4. The Morgan fingerprint density at radius 2 is 1.84 bits per heavy atom. The van der Waals surface area contributed by atoms with Crippen molar-refractivity contribution in [2.75, 3.05) is 13.6 Å². The first-order chi connectivity index (χ1) is 8.84. The van der Waals surface area contributed by atoms with Crippen LogP contribution in [0.4, 0.5) is 0 Å². The summed E-state index contributed by atoms with van der Waals surface area (Å²) in [5.41, 5.74) is 0.833. The van der Waals surface area contributed by atoms with Gasteiger partial charge in [-0.15, -0.1) is 0 Å². The predicted molar refractivity (Wildman–Crippen MR) is 73.3 cm³/mol. The van der Waals surface area contributed by atoms with Gasteiger partial charge in [-0.1, -0.05) is 12.8 Å². The Hall–Kier alpha value is -1.29. The number of aryl methyl sites for hydroxylation is 2. The van der Waals surface area contributed by atoms with Crippen LogP contribution in [0, 0.1) is 20.8 Å². The third-order valence-corrected chi connectivity index (χ3v) is 4.19. The molecule has 1 aromatic rings. The normalized spacial score (nSPS) is 17.7. The van der Waals surface area contributed by atoms with E-state index >= 15 is 0 Å². The molecule has 106 valence electrons. The third kappa shape index (κ3) is 2.68. The second-order valence-corrected chi connectivity index (χ2v) is 5.81. The van der Waals surface area contributed by atoms with Crippen molar-refractivity contribution in [1.29, 1.82) is 0 Å². The molecule has 0 unspecified atom stereocenters. The first-order valence-corrected chi connectivity index (χ1v) is 6.88. The number of amides is 1. The largest absolute Gasteiger partial charge is 0.466 e. The van der Waals surface area contributed by atoms with Crippen LogP contribution in [0.15, 0.2) is 4.42 Å². The van der Waals surface area contributed by atoms with Crippen LogP contribution in [0.5, 0.6) is 0 Å². The SMILES string of the molecule is Cc1oc(C)c(C(=O)N(C)CC2(O)CCCC2)c1C. The molecule has 19 heavy (non-hydrogen) atoms. The van der Waals surface area contributed by atoms with E-state index in [0.29, 0.717) is 17.9 Å². The van der Waals surface area contributed by atoms with Crippen LogP contribution < -0.4 is 0 Å². The highest BCUT2D eigenvalue weighted by atomic mass is 16.3. The molecule has 1 aromatic heterocycles. The van der Waals surface area contributed by atoms with E-state index < -0.39 is 5.60 Å². The zero-order valence-electron chi connectivity index (χ0n) is 12.2. The fourth-order valence-electron chi connectivity index (χ4n) is 3.00. The number of carbonyl (C=O) groups is 1. The van der Waals surface area contributed by atoms with Crippen LogP contribution in [0.2, 0.25) is 0 Å². The van der Waals surface area contributed by atoms with Crippen molar-refractivity contribution in [2.24, 2.45) is 0 Å². The zero-order valence-corrected chi connectivity index (χ0v) is 12.2. The van der Waals surface area contributed by atoms with Crippen LogP contribution in [0.25, 0.3) is 0 Å². The van der Waals surface area contributed by atoms with Crippen molar-refractivity contribution in [3.8, 4) is 0 Å². The van der Waals surface area contributed by atoms with Crippen molar-refractivity contribution in [3.63, 3.8) is 0 Å². The van der Waals surface area contributed by atoms with E-state index in [1.54, 1.807) is 11.9 Å². The van der Waals surface area contributed by atoms with E-state index in [9.17, 15) is 9.90 Å². The molecule has 1 N–H and O–H groups in total. The Morgan fingerprint density at radius 1 is 1.26 bits per heavy atom. The van der Waals surface area contributed by atoms with Gasteiger partial charge in [0.1, 0.15) is 11.5 Å². The molecular weight excluding hydrogens is 242 g/mol. The van der Waals surface area contributed by atoms with Crippen LogP contribution in [-0.4, -0.2) is 35.1 Å². The lowest BCUT2D eigenvalue weighted by molar-refractivity contribution is 0.0156. The van der Waals surface area contributed by atoms with Crippen molar-refractivity contribution in [3.05, 3.63) is 22.6 Å². The summed E-state index contributed by atoms with van der Waals surface area (Å²) in [6.45, 7) is 5.97. The van der Waals surface area contributed by atoms with Crippen molar-refractivity contribution >= 4 is 5.91 Å². The molecule has 0 atom stereocenters. The van der Waals surface area contributed by atoms with Gasteiger partial charge in [0.2, 0.25) is 0 Å². The minimum atomic E-state index is -0.703. The van der Waals surface area contributed by atoms with E-state index in [4.69, 9.17) is 4.42 Å². The summed E-state index contributed by atoms with van der Waals surface area (Å²) in [4.78, 5) is 14.1. The Morgan fingerprint density at radius 3 is 2.32 bits per heavy atom. The van der Waals surface area contributed by atoms with Crippen LogP contribution >= 0.6 is 0 Å². The molecule has 4 heteroatoms. The lowest BCUT2D eigenvalue weighted by atomic mass is 10.0. The molecule has 0 aromatic carbocycles. The second kappa shape index (κ2) is 5.00. The molecule has 0 spiro atoms. The zero-order chi connectivity index (χ0) is 14.2. The topological polar surface area (TPSA) is 53.7 Å². The fraction of sp³-hybridized carbons (Fsp3) is 0.667. The van der Waals surface area contributed by atoms with Crippen molar-refractivity contribution in [2.45, 2.75) is 52.1 Å². The number of likely N-dealkylation sites (N-methyl/N-ethyl adjacent to an activating group) is 1. The number of nitrogens with zero attached hydrogens (tertiary/aromatic N) is 1. The van der Waals surface area contributed by atoms with E-state index in [0.717, 1.165) is 37.0 Å². The van der Waals surface area contributed by atoms with Gasteiger partial charge in [0.05, 0.1) is 11.2 Å². The summed E-state index contributed by atoms with van der Waals surface area (Å²) in [5.74, 6) is 1.38. The average Bonchev–Trinajstić information content (AvgIpc) is 2.84. The molecule has 2 rings (SSSR count). The van der Waals surface area contributed by atoms with Gasteiger partial charge >= 0.3 is 0 Å². The molecule has 1 saturated carbocycles. The fourth-order valence-corrected chi connectivity index (χ4v) is 3.00. The smallest absolute Gasteiger partial charge is 0.257 e. The second-order valence-electron chi connectivity index (χ2n) is 5.81. The van der Waals surface area contributed by atoms with E-state index in [2.05, 4.69) is 0 Å². The predicted octanol–water partition coefficient (Wildman–Crippen LogP) is 2.58. The molecule has 1 amide bonds. The summed E-state index contributed by atoms with van der Waals surface area (Å²) in [6.07, 6.45) is 3.66. The quantitative estimate of drug-likeness (QED) is 0.914. The Kier molecular flexibility index (Phi) is 3.72. The Balaban J connectivity index is 2.15. The summed E-state index contributed by atoms with van der Waals surface area (Å²) in [6, 6.07) is 0. The molecular formula is C15H23NO3. The van der Waals surface area contributed by atoms with Crippen molar-refractivity contribution in [1.82, 2.24) is 4.90 Å². The maximum absolute atomic E-state index is 12.5. The van der Waals surface area contributed by atoms with Crippen LogP contribution in [-0.2, 0) is 0 Å². The summed E-state index contributed by atoms with van der Waals surface area (Å²) in [7, 11) is 1.75. The van der Waals surface area contributed by atoms with E-state index in [1.807, 2.05) is 20.8 Å². The van der Waals surface area contributed by atoms with Gasteiger partial charge in [0, 0.05) is 19.2 Å². The highest BCUT2D eigenvalue weighted by molar-refractivity contribution is 5.96. The number of furan rings is 1. The molecule has 1 aliphatic carbocycles. The highest BCUT2D eigenvalue weighted by Gasteiger charge is 2.34. The van der Waals surface area contributed by atoms with Gasteiger partial charge in [0.25, 0.3) is 5.91 Å². The van der Waals surface area contributed by atoms with Gasteiger partial charge in [-0.2, -0.15) is 0 Å². The molecule has 0 saturated heterocycles. The monoisotopic (exact) mass is 265 g/mol. The van der Waals surface area contributed by atoms with Gasteiger partial charge in [0.15, 0.2) is 0 Å². The minimum absolute atomic E-state index is 0.0628. The van der Waals surface area contributed by atoms with Crippen LogP contribution in [0.3, 0.4) is 0 Å².